The molecular formula is C11H15N3O. The molecule has 0 aromatic carbocycles. The molecule has 1 aromatic heterocycles. The van der Waals surface area contributed by atoms with Crippen LogP contribution in [-0.2, 0) is 11.3 Å². The van der Waals surface area contributed by atoms with E-state index in [2.05, 4.69) is 15.6 Å². The van der Waals surface area contributed by atoms with Crippen molar-refractivity contribution in [2.24, 2.45) is 0 Å². The molecule has 1 unspecified atom stereocenters. The number of hydrogen-bond donors (Lipinski definition) is 2. The lowest BCUT2D eigenvalue weighted by molar-refractivity contribution is -0.124. The number of hydrogen-bond acceptors (Lipinski definition) is 3. The number of amides is 1. The second-order valence-corrected chi connectivity index (χ2v) is 3.69. The first kappa shape index (κ1) is 10.1. The smallest absolute Gasteiger partial charge is 0.237 e. The van der Waals surface area contributed by atoms with Gasteiger partial charge in [0.2, 0.25) is 5.91 Å². The number of carbonyl (C=O) groups excluding carboxylic acids is 1. The second-order valence-electron chi connectivity index (χ2n) is 3.69. The van der Waals surface area contributed by atoms with E-state index >= 15 is 0 Å². The summed E-state index contributed by atoms with van der Waals surface area (Å²) < 4.78 is 0. The van der Waals surface area contributed by atoms with Crippen LogP contribution >= 0.6 is 0 Å². The molecule has 2 N–H and O–H groups in total. The number of rotatable bonds is 3. The average molecular weight is 205 g/mol. The minimum atomic E-state index is -0.0549. The van der Waals surface area contributed by atoms with E-state index < -0.39 is 0 Å². The van der Waals surface area contributed by atoms with Gasteiger partial charge in [-0.15, -0.1) is 0 Å². The maximum absolute atomic E-state index is 11.4. The Morgan fingerprint density at radius 2 is 2.47 bits per heavy atom. The number of carbonyl (C=O) groups is 1. The van der Waals surface area contributed by atoms with Gasteiger partial charge in [0.05, 0.1) is 11.7 Å². The van der Waals surface area contributed by atoms with Gasteiger partial charge in [-0.3, -0.25) is 9.78 Å². The summed E-state index contributed by atoms with van der Waals surface area (Å²) in [6.07, 6.45) is 3.72. The second kappa shape index (κ2) is 4.89. The van der Waals surface area contributed by atoms with Crippen LogP contribution < -0.4 is 10.6 Å². The van der Waals surface area contributed by atoms with Crippen LogP contribution in [0.5, 0.6) is 0 Å². The lowest BCUT2D eigenvalue weighted by Gasteiger charge is -2.22. The molecule has 1 fully saturated rings. The van der Waals surface area contributed by atoms with Gasteiger partial charge in [0.15, 0.2) is 0 Å². The van der Waals surface area contributed by atoms with E-state index in [1.54, 1.807) is 6.20 Å². The van der Waals surface area contributed by atoms with Crippen molar-refractivity contribution < 1.29 is 4.79 Å². The summed E-state index contributed by atoms with van der Waals surface area (Å²) in [6, 6.07) is 5.73. The highest BCUT2D eigenvalue weighted by molar-refractivity contribution is 5.82. The standard InChI is InChI=1S/C11H15N3O/c15-11-10(5-3-7-13-11)14-8-9-4-1-2-6-12-9/h1-2,4,6,10,14H,3,5,7-8H2,(H,13,15). The van der Waals surface area contributed by atoms with Gasteiger partial charge in [-0.25, -0.2) is 0 Å². The molecule has 0 aliphatic carbocycles. The summed E-state index contributed by atoms with van der Waals surface area (Å²) in [6.45, 7) is 1.46. The molecule has 0 radical (unpaired) electrons. The molecule has 1 atom stereocenters. The van der Waals surface area contributed by atoms with Crippen molar-refractivity contribution in [1.82, 2.24) is 15.6 Å². The lowest BCUT2D eigenvalue weighted by Crippen LogP contribution is -2.47. The third-order valence-corrected chi connectivity index (χ3v) is 2.54. The van der Waals surface area contributed by atoms with Gasteiger partial charge in [-0.05, 0) is 25.0 Å². The van der Waals surface area contributed by atoms with Gasteiger partial charge in [0, 0.05) is 19.3 Å². The summed E-state index contributed by atoms with van der Waals surface area (Å²) in [5.74, 6) is 0.109. The molecule has 4 nitrogen and oxygen atoms in total. The molecule has 2 heterocycles. The quantitative estimate of drug-likeness (QED) is 0.753. The maximum atomic E-state index is 11.4. The zero-order chi connectivity index (χ0) is 10.5. The van der Waals surface area contributed by atoms with Crippen molar-refractivity contribution in [1.29, 1.82) is 0 Å². The largest absolute Gasteiger partial charge is 0.355 e. The Kier molecular flexibility index (Phi) is 3.29. The Morgan fingerprint density at radius 3 is 3.20 bits per heavy atom. The van der Waals surface area contributed by atoms with E-state index in [4.69, 9.17) is 0 Å². The molecule has 1 saturated heterocycles. The van der Waals surface area contributed by atoms with Crippen molar-refractivity contribution in [2.75, 3.05) is 6.54 Å². The van der Waals surface area contributed by atoms with Gasteiger partial charge < -0.3 is 10.6 Å². The number of aromatic nitrogens is 1. The number of piperidine rings is 1. The van der Waals surface area contributed by atoms with Crippen LogP contribution in [0.2, 0.25) is 0 Å². The van der Waals surface area contributed by atoms with Crippen molar-refractivity contribution in [3.63, 3.8) is 0 Å². The minimum absolute atomic E-state index is 0.0549. The molecule has 0 bridgehead atoms. The van der Waals surface area contributed by atoms with Crippen molar-refractivity contribution in [3.8, 4) is 0 Å². The number of pyridine rings is 1. The number of nitrogens with one attached hydrogen (secondary N) is 2. The zero-order valence-electron chi connectivity index (χ0n) is 8.57. The monoisotopic (exact) mass is 205 g/mol. The summed E-state index contributed by atoms with van der Waals surface area (Å²) in [5.41, 5.74) is 0.968. The van der Waals surface area contributed by atoms with Gasteiger partial charge in [-0.2, -0.15) is 0 Å². The highest BCUT2D eigenvalue weighted by Crippen LogP contribution is 2.03. The molecule has 0 saturated carbocycles. The molecule has 15 heavy (non-hydrogen) atoms. The number of nitrogens with zero attached hydrogens (tertiary/aromatic N) is 1. The lowest BCUT2D eigenvalue weighted by atomic mass is 10.1. The Bertz CT molecular complexity index is 326. The van der Waals surface area contributed by atoms with Gasteiger partial charge in [0.1, 0.15) is 0 Å². The van der Waals surface area contributed by atoms with Crippen LogP contribution in [0.4, 0.5) is 0 Å². The highest BCUT2D eigenvalue weighted by atomic mass is 16.2. The Hall–Kier alpha value is -1.42. The van der Waals surface area contributed by atoms with E-state index in [0.29, 0.717) is 6.54 Å². The van der Waals surface area contributed by atoms with Crippen LogP contribution in [0.1, 0.15) is 18.5 Å². The third-order valence-electron chi connectivity index (χ3n) is 2.54. The molecule has 4 heteroatoms. The molecule has 0 spiro atoms. The van der Waals surface area contributed by atoms with E-state index in [9.17, 15) is 4.79 Å². The molecule has 80 valence electrons. The van der Waals surface area contributed by atoms with E-state index in [1.807, 2.05) is 18.2 Å². The van der Waals surface area contributed by atoms with Crippen LogP contribution in [0, 0.1) is 0 Å². The van der Waals surface area contributed by atoms with Crippen LogP contribution in [0.3, 0.4) is 0 Å². The molecule has 2 rings (SSSR count). The Labute approximate surface area is 89.1 Å². The summed E-state index contributed by atoms with van der Waals surface area (Å²) in [4.78, 5) is 15.6. The average Bonchev–Trinajstić information content (AvgIpc) is 2.29. The fourth-order valence-corrected chi connectivity index (χ4v) is 1.70. The van der Waals surface area contributed by atoms with Gasteiger partial charge in [-0.1, -0.05) is 6.07 Å². The van der Waals surface area contributed by atoms with Gasteiger partial charge >= 0.3 is 0 Å². The predicted octanol–water partition coefficient (Wildman–Crippen LogP) is 0.450. The summed E-state index contributed by atoms with van der Waals surface area (Å²) in [7, 11) is 0. The van der Waals surface area contributed by atoms with E-state index in [0.717, 1.165) is 25.1 Å². The fraction of sp³-hybridized carbons (Fsp3) is 0.455. The molecule has 1 aliphatic rings. The third kappa shape index (κ3) is 2.76. The molecule has 1 amide bonds. The van der Waals surface area contributed by atoms with E-state index in [1.165, 1.54) is 0 Å². The predicted molar refractivity (Wildman–Crippen MR) is 57.1 cm³/mol. The molecule has 1 aromatic rings. The zero-order valence-corrected chi connectivity index (χ0v) is 8.57. The van der Waals surface area contributed by atoms with Crippen molar-refractivity contribution in [3.05, 3.63) is 30.1 Å². The molecule has 1 aliphatic heterocycles. The SMILES string of the molecule is O=C1NCCCC1NCc1ccccn1. The van der Waals surface area contributed by atoms with Gasteiger partial charge in [0.25, 0.3) is 0 Å². The summed E-state index contributed by atoms with van der Waals surface area (Å²) >= 11 is 0. The summed E-state index contributed by atoms with van der Waals surface area (Å²) in [5, 5.41) is 6.06. The highest BCUT2D eigenvalue weighted by Gasteiger charge is 2.20. The Balaban J connectivity index is 1.85. The first-order chi connectivity index (χ1) is 7.36. The van der Waals surface area contributed by atoms with Crippen molar-refractivity contribution >= 4 is 5.91 Å². The van der Waals surface area contributed by atoms with Crippen molar-refractivity contribution in [2.45, 2.75) is 25.4 Å². The van der Waals surface area contributed by atoms with Crippen LogP contribution in [0.15, 0.2) is 24.4 Å². The maximum Gasteiger partial charge on any atom is 0.237 e. The first-order valence-corrected chi connectivity index (χ1v) is 5.27. The first-order valence-electron chi connectivity index (χ1n) is 5.27. The van der Waals surface area contributed by atoms with Crippen LogP contribution in [-0.4, -0.2) is 23.5 Å². The minimum Gasteiger partial charge on any atom is -0.355 e. The topological polar surface area (TPSA) is 54.0 Å². The normalized spacial score (nSPS) is 21.1. The van der Waals surface area contributed by atoms with Crippen LogP contribution in [0.25, 0.3) is 0 Å². The van der Waals surface area contributed by atoms with E-state index in [-0.39, 0.29) is 11.9 Å². The molecular weight excluding hydrogens is 190 g/mol. The fourth-order valence-electron chi connectivity index (χ4n) is 1.70. The Morgan fingerprint density at radius 1 is 1.53 bits per heavy atom.